The van der Waals surface area contributed by atoms with Gasteiger partial charge in [0.05, 0.1) is 6.61 Å². The number of Topliss-reactive ketones (excluding diaryl/α,β-unsaturated/α-hetero) is 1. The number of ketones is 1. The van der Waals surface area contributed by atoms with Crippen LogP contribution in [0.15, 0.2) is 0 Å². The van der Waals surface area contributed by atoms with Gasteiger partial charge in [0.15, 0.2) is 0 Å². The highest BCUT2D eigenvalue weighted by molar-refractivity contribution is 5.85. The molecule has 1 fully saturated rings. The lowest BCUT2D eigenvalue weighted by Gasteiger charge is -2.29. The fourth-order valence-corrected chi connectivity index (χ4v) is 1.41. The van der Waals surface area contributed by atoms with Gasteiger partial charge < -0.3 is 4.74 Å². The molecule has 82 valence electrons. The van der Waals surface area contributed by atoms with Gasteiger partial charge in [0.2, 0.25) is 0 Å². The van der Waals surface area contributed by atoms with E-state index in [0.29, 0.717) is 12.2 Å². The molecule has 0 spiro atoms. The third kappa shape index (κ3) is 2.17. The number of carbonyl (C=O) groups excluding carboxylic acids is 1. The van der Waals surface area contributed by atoms with Crippen molar-refractivity contribution in [1.29, 1.82) is 0 Å². The van der Waals surface area contributed by atoms with Gasteiger partial charge in [-0.05, 0) is 5.41 Å². The number of hydrogen-bond donors (Lipinski definition) is 0. The number of rotatable bonds is 2. The summed E-state index contributed by atoms with van der Waals surface area (Å²) >= 11 is 0. The molecule has 1 saturated heterocycles. The van der Waals surface area contributed by atoms with E-state index in [1.807, 2.05) is 20.8 Å². The standard InChI is InChI=1S/C12H22O2/c1-10(2,3)9(13)7-12(8-14-12)11(4,5)6/h7-8H2,1-6H3. The van der Waals surface area contributed by atoms with Gasteiger partial charge in [-0.25, -0.2) is 0 Å². The van der Waals surface area contributed by atoms with E-state index in [4.69, 9.17) is 4.74 Å². The molecule has 1 rings (SSSR count). The molecule has 0 radical (unpaired) electrons. The largest absolute Gasteiger partial charge is 0.369 e. The summed E-state index contributed by atoms with van der Waals surface area (Å²) < 4.78 is 5.51. The van der Waals surface area contributed by atoms with E-state index in [9.17, 15) is 4.79 Å². The van der Waals surface area contributed by atoms with Gasteiger partial charge in [-0.3, -0.25) is 4.79 Å². The number of ether oxygens (including phenoxy) is 1. The number of epoxide rings is 1. The highest BCUT2D eigenvalue weighted by atomic mass is 16.6. The fourth-order valence-electron chi connectivity index (χ4n) is 1.41. The maximum absolute atomic E-state index is 11.9. The van der Waals surface area contributed by atoms with Crippen LogP contribution in [0.3, 0.4) is 0 Å². The minimum absolute atomic E-state index is 0.0634. The van der Waals surface area contributed by atoms with Gasteiger partial charge in [-0.2, -0.15) is 0 Å². The summed E-state index contributed by atoms with van der Waals surface area (Å²) in [5.74, 6) is 0.296. The van der Waals surface area contributed by atoms with Gasteiger partial charge in [0.25, 0.3) is 0 Å². The van der Waals surface area contributed by atoms with Crippen molar-refractivity contribution in [2.45, 2.75) is 53.6 Å². The summed E-state index contributed by atoms with van der Waals surface area (Å²) in [7, 11) is 0. The van der Waals surface area contributed by atoms with E-state index in [0.717, 1.165) is 6.61 Å². The SMILES string of the molecule is CC(C)(C)C(=O)CC1(C(C)(C)C)CO1. The Balaban J connectivity index is 2.67. The molecule has 2 nitrogen and oxygen atoms in total. The van der Waals surface area contributed by atoms with Crippen molar-refractivity contribution < 1.29 is 9.53 Å². The van der Waals surface area contributed by atoms with Crippen molar-refractivity contribution in [2.24, 2.45) is 10.8 Å². The van der Waals surface area contributed by atoms with Crippen molar-refractivity contribution in [2.75, 3.05) is 6.61 Å². The fraction of sp³-hybridized carbons (Fsp3) is 0.917. The molecule has 0 aliphatic carbocycles. The third-order valence-electron chi connectivity index (χ3n) is 3.14. The van der Waals surface area contributed by atoms with Crippen LogP contribution in [0.4, 0.5) is 0 Å². The Hall–Kier alpha value is -0.370. The maximum Gasteiger partial charge on any atom is 0.141 e. The Morgan fingerprint density at radius 2 is 1.64 bits per heavy atom. The first-order chi connectivity index (χ1) is 6.08. The van der Waals surface area contributed by atoms with Crippen LogP contribution in [0.2, 0.25) is 0 Å². The van der Waals surface area contributed by atoms with Crippen LogP contribution in [0.25, 0.3) is 0 Å². The smallest absolute Gasteiger partial charge is 0.141 e. The molecular weight excluding hydrogens is 176 g/mol. The molecule has 1 heterocycles. The first-order valence-electron chi connectivity index (χ1n) is 5.26. The van der Waals surface area contributed by atoms with Crippen molar-refractivity contribution in [3.63, 3.8) is 0 Å². The van der Waals surface area contributed by atoms with Crippen LogP contribution in [-0.2, 0) is 9.53 Å². The van der Waals surface area contributed by atoms with E-state index >= 15 is 0 Å². The third-order valence-corrected chi connectivity index (χ3v) is 3.14. The summed E-state index contributed by atoms with van der Waals surface area (Å²) in [6.07, 6.45) is 0.556. The molecule has 1 unspecified atom stereocenters. The maximum atomic E-state index is 11.9. The first-order valence-corrected chi connectivity index (χ1v) is 5.26. The molecule has 1 aliphatic heterocycles. The van der Waals surface area contributed by atoms with Crippen molar-refractivity contribution in [3.8, 4) is 0 Å². The molecule has 2 heteroatoms. The monoisotopic (exact) mass is 198 g/mol. The van der Waals surface area contributed by atoms with E-state index in [1.54, 1.807) is 0 Å². The average Bonchev–Trinajstić information content (AvgIpc) is 2.64. The summed E-state index contributed by atoms with van der Waals surface area (Å²) in [5, 5.41) is 0. The average molecular weight is 198 g/mol. The Labute approximate surface area is 87.0 Å². The molecule has 0 saturated carbocycles. The van der Waals surface area contributed by atoms with Crippen LogP contribution in [0.1, 0.15) is 48.0 Å². The molecule has 1 atom stereocenters. The van der Waals surface area contributed by atoms with Gasteiger partial charge >= 0.3 is 0 Å². The first kappa shape index (κ1) is 11.7. The molecule has 0 aromatic rings. The normalized spacial score (nSPS) is 27.6. The number of hydrogen-bond acceptors (Lipinski definition) is 2. The zero-order valence-electron chi connectivity index (χ0n) is 10.2. The minimum Gasteiger partial charge on any atom is -0.369 e. The van der Waals surface area contributed by atoms with Gasteiger partial charge in [-0.1, -0.05) is 41.5 Å². The molecular formula is C12H22O2. The quantitative estimate of drug-likeness (QED) is 0.638. The highest BCUT2D eigenvalue weighted by Crippen LogP contribution is 2.47. The second-order valence-electron chi connectivity index (χ2n) is 6.38. The van der Waals surface area contributed by atoms with Crippen LogP contribution in [0, 0.1) is 10.8 Å². The lowest BCUT2D eigenvalue weighted by atomic mass is 9.74. The molecule has 0 amide bonds. The minimum atomic E-state index is -0.246. The molecule has 1 aliphatic rings. The van der Waals surface area contributed by atoms with Crippen LogP contribution in [-0.4, -0.2) is 18.0 Å². The summed E-state index contributed by atoms with van der Waals surface area (Å²) in [4.78, 5) is 11.9. The molecule has 0 bridgehead atoms. The molecule has 14 heavy (non-hydrogen) atoms. The summed E-state index contributed by atoms with van der Waals surface area (Å²) in [6.45, 7) is 13.0. The van der Waals surface area contributed by atoms with Crippen LogP contribution >= 0.6 is 0 Å². The summed E-state index contributed by atoms with van der Waals surface area (Å²) in [5.41, 5.74) is -0.366. The topological polar surface area (TPSA) is 29.6 Å². The molecule has 0 aromatic heterocycles. The Morgan fingerprint density at radius 1 is 1.21 bits per heavy atom. The van der Waals surface area contributed by atoms with Crippen molar-refractivity contribution in [3.05, 3.63) is 0 Å². The predicted octanol–water partition coefficient (Wildman–Crippen LogP) is 2.81. The zero-order chi connectivity index (χ0) is 11.2. The molecule has 0 N–H and O–H groups in total. The van der Waals surface area contributed by atoms with Gasteiger partial charge in [-0.15, -0.1) is 0 Å². The van der Waals surface area contributed by atoms with E-state index in [1.165, 1.54) is 0 Å². The van der Waals surface area contributed by atoms with Crippen molar-refractivity contribution in [1.82, 2.24) is 0 Å². The van der Waals surface area contributed by atoms with Crippen molar-refractivity contribution >= 4 is 5.78 Å². The lowest BCUT2D eigenvalue weighted by Crippen LogP contribution is -2.36. The van der Waals surface area contributed by atoms with E-state index in [-0.39, 0.29) is 16.4 Å². The molecule has 0 aromatic carbocycles. The van der Waals surface area contributed by atoms with Crippen LogP contribution in [0.5, 0.6) is 0 Å². The second kappa shape index (κ2) is 3.06. The highest BCUT2D eigenvalue weighted by Gasteiger charge is 2.55. The second-order valence-corrected chi connectivity index (χ2v) is 6.38. The van der Waals surface area contributed by atoms with Gasteiger partial charge in [0, 0.05) is 11.8 Å². The zero-order valence-corrected chi connectivity index (χ0v) is 10.2. The Bertz CT molecular complexity index is 236. The lowest BCUT2D eigenvalue weighted by molar-refractivity contribution is -0.128. The summed E-state index contributed by atoms with van der Waals surface area (Å²) in [6, 6.07) is 0. The van der Waals surface area contributed by atoms with E-state index < -0.39 is 0 Å². The van der Waals surface area contributed by atoms with Gasteiger partial charge in [0.1, 0.15) is 11.4 Å². The van der Waals surface area contributed by atoms with E-state index in [2.05, 4.69) is 20.8 Å². The van der Waals surface area contributed by atoms with Crippen LogP contribution < -0.4 is 0 Å². The predicted molar refractivity (Wildman–Crippen MR) is 57.2 cm³/mol. The Kier molecular flexibility index (Phi) is 2.56. The Morgan fingerprint density at radius 3 is 1.86 bits per heavy atom. The number of carbonyl (C=O) groups is 1.